The van der Waals surface area contributed by atoms with Crippen LogP contribution in [-0.2, 0) is 4.79 Å². The first-order valence-electron chi connectivity index (χ1n) is 9.26. The molecule has 2 aromatic heterocycles. The van der Waals surface area contributed by atoms with Crippen LogP contribution in [0.4, 0.5) is 5.69 Å². The molecule has 1 aliphatic heterocycles. The summed E-state index contributed by atoms with van der Waals surface area (Å²) in [7, 11) is 0. The molecule has 29 heavy (non-hydrogen) atoms. The molecular formula is C20H22N6O3. The van der Waals surface area contributed by atoms with Gasteiger partial charge in [0.05, 0.1) is 23.0 Å². The van der Waals surface area contributed by atoms with Gasteiger partial charge in [0.25, 0.3) is 5.91 Å². The van der Waals surface area contributed by atoms with Crippen LogP contribution < -0.4 is 21.7 Å². The van der Waals surface area contributed by atoms with E-state index >= 15 is 0 Å². The number of carbonyl (C=O) groups is 2. The Labute approximate surface area is 166 Å². The molecule has 6 N–H and O–H groups in total. The predicted molar refractivity (Wildman–Crippen MR) is 108 cm³/mol. The number of amides is 2. The van der Waals surface area contributed by atoms with Gasteiger partial charge in [-0.1, -0.05) is 24.3 Å². The molecule has 3 aromatic rings. The number of primary amides is 1. The van der Waals surface area contributed by atoms with Crippen LogP contribution >= 0.6 is 0 Å². The normalized spacial score (nSPS) is 19.0. The van der Waals surface area contributed by atoms with Gasteiger partial charge >= 0.3 is 0 Å². The molecule has 1 aromatic carbocycles. The van der Waals surface area contributed by atoms with E-state index in [9.17, 15) is 14.7 Å². The van der Waals surface area contributed by atoms with E-state index in [0.717, 1.165) is 22.2 Å². The molecule has 150 valence electrons. The van der Waals surface area contributed by atoms with Crippen LogP contribution in [0.5, 0.6) is 0 Å². The van der Waals surface area contributed by atoms with Gasteiger partial charge < -0.3 is 21.5 Å². The number of fused-ring (bicyclic) bond motifs is 1. The summed E-state index contributed by atoms with van der Waals surface area (Å²) in [5.74, 6) is -0.813. The van der Waals surface area contributed by atoms with Gasteiger partial charge in [-0.3, -0.25) is 14.9 Å². The summed E-state index contributed by atoms with van der Waals surface area (Å²) < 4.78 is 1.70. The van der Waals surface area contributed by atoms with Crippen LogP contribution in [0.1, 0.15) is 35.8 Å². The Hall–Kier alpha value is -3.43. The first kappa shape index (κ1) is 18.9. The molecule has 1 fully saturated rings. The number of nitrogens with two attached hydrogens (primary N) is 1. The number of nitrogens with zero attached hydrogens (tertiary/aromatic N) is 2. The maximum atomic E-state index is 11.9. The van der Waals surface area contributed by atoms with Gasteiger partial charge in [-0.15, -0.1) is 0 Å². The van der Waals surface area contributed by atoms with Crippen LogP contribution in [0.15, 0.2) is 42.7 Å². The minimum absolute atomic E-state index is 0.109. The average Bonchev–Trinajstić information content (AvgIpc) is 3.24. The number of rotatable bonds is 5. The van der Waals surface area contributed by atoms with Crippen molar-refractivity contribution in [1.29, 1.82) is 0 Å². The SMILES string of the molecule is CC(C)Nc1c(C(N)=O)cnn2cc(-c3ccc(C4NC(O)NC4=O)cc3)cc12. The maximum absolute atomic E-state index is 11.9. The van der Waals surface area contributed by atoms with Crippen molar-refractivity contribution in [3.63, 3.8) is 0 Å². The standard InChI is InChI=1S/C20H22N6O3/c1-10(2)23-17-14(18(21)27)8-22-26-9-13(7-15(17)26)11-3-5-12(6-4-11)16-19(28)25-20(29)24-16/h3-10,16,20,23-24,29H,1-2H3,(H2,21,27)(H,25,28). The zero-order valence-corrected chi connectivity index (χ0v) is 16.0. The summed E-state index contributed by atoms with van der Waals surface area (Å²) in [4.78, 5) is 23.7. The molecule has 9 nitrogen and oxygen atoms in total. The van der Waals surface area contributed by atoms with Crippen LogP contribution in [-0.4, -0.2) is 38.9 Å². The van der Waals surface area contributed by atoms with E-state index < -0.39 is 18.3 Å². The van der Waals surface area contributed by atoms with Crippen molar-refractivity contribution < 1.29 is 14.7 Å². The van der Waals surface area contributed by atoms with Crippen molar-refractivity contribution in [2.45, 2.75) is 32.3 Å². The molecule has 0 aliphatic carbocycles. The van der Waals surface area contributed by atoms with Gasteiger partial charge in [0.2, 0.25) is 5.91 Å². The molecule has 0 radical (unpaired) electrons. The summed E-state index contributed by atoms with van der Waals surface area (Å²) >= 11 is 0. The van der Waals surface area contributed by atoms with E-state index in [0.29, 0.717) is 11.3 Å². The molecule has 9 heteroatoms. The van der Waals surface area contributed by atoms with E-state index in [1.54, 1.807) is 4.52 Å². The molecular weight excluding hydrogens is 372 g/mol. The summed E-state index contributed by atoms with van der Waals surface area (Å²) in [6, 6.07) is 8.92. The largest absolute Gasteiger partial charge is 0.380 e. The topological polar surface area (TPSA) is 134 Å². The number of nitrogens with one attached hydrogen (secondary N) is 3. The Kier molecular flexibility index (Phi) is 4.69. The number of aliphatic hydroxyl groups is 1. The van der Waals surface area contributed by atoms with E-state index in [-0.39, 0.29) is 11.9 Å². The zero-order valence-electron chi connectivity index (χ0n) is 16.0. The highest BCUT2D eigenvalue weighted by Crippen LogP contribution is 2.30. The molecule has 3 heterocycles. The van der Waals surface area contributed by atoms with Crippen molar-refractivity contribution in [2.75, 3.05) is 5.32 Å². The summed E-state index contributed by atoms with van der Waals surface area (Å²) in [5.41, 5.74) is 9.82. The van der Waals surface area contributed by atoms with Gasteiger partial charge in [-0.25, -0.2) is 4.52 Å². The van der Waals surface area contributed by atoms with Crippen molar-refractivity contribution >= 4 is 23.0 Å². The lowest BCUT2D eigenvalue weighted by atomic mass is 10.0. The Morgan fingerprint density at radius 1 is 1.28 bits per heavy atom. The summed E-state index contributed by atoms with van der Waals surface area (Å²) in [5, 5.41) is 22.3. The monoisotopic (exact) mass is 394 g/mol. The molecule has 1 saturated heterocycles. The van der Waals surface area contributed by atoms with E-state index in [4.69, 9.17) is 5.73 Å². The van der Waals surface area contributed by atoms with Crippen LogP contribution in [0.3, 0.4) is 0 Å². The quantitative estimate of drug-likeness (QED) is 0.438. The third-order valence-electron chi connectivity index (χ3n) is 4.78. The number of hydrogen-bond donors (Lipinski definition) is 5. The number of benzene rings is 1. The highest BCUT2D eigenvalue weighted by Gasteiger charge is 2.30. The lowest BCUT2D eigenvalue weighted by Gasteiger charge is -2.14. The molecule has 1 aliphatic rings. The Balaban J connectivity index is 1.71. The van der Waals surface area contributed by atoms with Gasteiger partial charge in [0, 0.05) is 17.8 Å². The lowest BCUT2D eigenvalue weighted by molar-refractivity contribution is -0.121. The number of aromatic nitrogens is 2. The molecule has 2 amide bonds. The number of hydrogen-bond acceptors (Lipinski definition) is 6. The Morgan fingerprint density at radius 2 is 2.00 bits per heavy atom. The lowest BCUT2D eigenvalue weighted by Crippen LogP contribution is -2.31. The minimum atomic E-state index is -1.04. The fraction of sp³-hybridized carbons (Fsp3) is 0.250. The smallest absolute Gasteiger partial charge is 0.252 e. The first-order chi connectivity index (χ1) is 13.8. The molecule has 0 bridgehead atoms. The predicted octanol–water partition coefficient (Wildman–Crippen LogP) is 0.957. The Morgan fingerprint density at radius 3 is 2.59 bits per heavy atom. The van der Waals surface area contributed by atoms with Crippen LogP contribution in [0.2, 0.25) is 0 Å². The molecule has 2 unspecified atom stereocenters. The van der Waals surface area contributed by atoms with Gasteiger partial charge in [0.1, 0.15) is 6.04 Å². The first-order valence-corrected chi connectivity index (χ1v) is 9.26. The van der Waals surface area contributed by atoms with Gasteiger partial charge in [0.15, 0.2) is 6.35 Å². The molecule has 2 atom stereocenters. The highest BCUT2D eigenvalue weighted by molar-refractivity contribution is 6.02. The minimum Gasteiger partial charge on any atom is -0.380 e. The average molecular weight is 394 g/mol. The number of carbonyl (C=O) groups excluding carboxylic acids is 2. The van der Waals surface area contributed by atoms with Crippen molar-refractivity contribution in [3.8, 4) is 11.1 Å². The second-order valence-corrected chi connectivity index (χ2v) is 7.29. The highest BCUT2D eigenvalue weighted by atomic mass is 16.3. The molecule has 0 spiro atoms. The van der Waals surface area contributed by atoms with Crippen molar-refractivity contribution in [2.24, 2.45) is 5.73 Å². The van der Waals surface area contributed by atoms with Crippen molar-refractivity contribution in [1.82, 2.24) is 20.2 Å². The summed E-state index contributed by atoms with van der Waals surface area (Å²) in [6.07, 6.45) is 2.29. The zero-order chi connectivity index (χ0) is 20.7. The molecule has 4 rings (SSSR count). The van der Waals surface area contributed by atoms with Crippen LogP contribution in [0.25, 0.3) is 16.6 Å². The fourth-order valence-corrected chi connectivity index (χ4v) is 3.45. The number of anilines is 1. The third-order valence-corrected chi connectivity index (χ3v) is 4.78. The van der Waals surface area contributed by atoms with E-state index in [2.05, 4.69) is 21.0 Å². The van der Waals surface area contributed by atoms with Crippen LogP contribution in [0, 0.1) is 0 Å². The third kappa shape index (κ3) is 3.53. The maximum Gasteiger partial charge on any atom is 0.252 e. The number of aliphatic hydroxyl groups excluding tert-OH is 1. The van der Waals surface area contributed by atoms with E-state index in [1.165, 1.54) is 6.20 Å². The van der Waals surface area contributed by atoms with Crippen molar-refractivity contribution in [3.05, 3.63) is 53.9 Å². The van der Waals surface area contributed by atoms with E-state index in [1.807, 2.05) is 50.4 Å². The fourth-order valence-electron chi connectivity index (χ4n) is 3.45. The Bertz CT molecular complexity index is 1090. The second-order valence-electron chi connectivity index (χ2n) is 7.29. The van der Waals surface area contributed by atoms with Gasteiger partial charge in [-0.05, 0) is 31.0 Å². The second kappa shape index (κ2) is 7.19. The van der Waals surface area contributed by atoms with Gasteiger partial charge in [-0.2, -0.15) is 5.10 Å². The molecule has 0 saturated carbocycles. The summed E-state index contributed by atoms with van der Waals surface area (Å²) in [6.45, 7) is 3.96.